The zero-order valence-corrected chi connectivity index (χ0v) is 16.8. The van der Waals surface area contributed by atoms with E-state index in [1.54, 1.807) is 0 Å². The summed E-state index contributed by atoms with van der Waals surface area (Å²) < 4.78 is 77.3. The van der Waals surface area contributed by atoms with Crippen molar-refractivity contribution in [3.8, 4) is 0 Å². The lowest BCUT2D eigenvalue weighted by atomic mass is 9.90. The van der Waals surface area contributed by atoms with Gasteiger partial charge in [-0.25, -0.2) is 0 Å². The van der Waals surface area contributed by atoms with E-state index < -0.39 is 23.5 Å². The standard InChI is InChI=1S/C26H18F6/c27-25(28,29)21-11-5-17(6-12-21)15-20-10-9-19-3-1-2-4-23(19)24(20)16-18-7-13-22(14-8-18)26(30,31)32/h1-14H,15-16H2. The quantitative estimate of drug-likeness (QED) is 0.279. The molecule has 0 nitrogen and oxygen atoms in total. The average molecular weight is 444 g/mol. The van der Waals surface area contributed by atoms with Crippen LogP contribution in [-0.4, -0.2) is 0 Å². The molecule has 4 aromatic rings. The summed E-state index contributed by atoms with van der Waals surface area (Å²) in [6, 6.07) is 21.7. The van der Waals surface area contributed by atoms with Crippen LogP contribution >= 0.6 is 0 Å². The van der Waals surface area contributed by atoms with Crippen LogP contribution in [0.4, 0.5) is 26.3 Å². The molecule has 0 unspecified atom stereocenters. The largest absolute Gasteiger partial charge is 0.416 e. The highest BCUT2D eigenvalue weighted by atomic mass is 19.4. The van der Waals surface area contributed by atoms with E-state index in [9.17, 15) is 26.3 Å². The average Bonchev–Trinajstić information content (AvgIpc) is 2.75. The summed E-state index contributed by atoms with van der Waals surface area (Å²) in [6.45, 7) is 0. The predicted octanol–water partition coefficient (Wildman–Crippen LogP) is 8.06. The number of halogens is 6. The van der Waals surface area contributed by atoms with Crippen LogP contribution in [0.3, 0.4) is 0 Å². The van der Waals surface area contributed by atoms with E-state index in [4.69, 9.17) is 0 Å². The van der Waals surface area contributed by atoms with Crippen molar-refractivity contribution >= 4 is 10.8 Å². The Morgan fingerprint density at radius 2 is 1.00 bits per heavy atom. The van der Waals surface area contributed by atoms with Crippen molar-refractivity contribution in [1.29, 1.82) is 0 Å². The molecule has 0 N–H and O–H groups in total. The van der Waals surface area contributed by atoms with Gasteiger partial charge >= 0.3 is 12.4 Å². The second kappa shape index (κ2) is 8.34. The van der Waals surface area contributed by atoms with Crippen LogP contribution < -0.4 is 0 Å². The Balaban J connectivity index is 1.70. The zero-order valence-electron chi connectivity index (χ0n) is 16.8. The third kappa shape index (κ3) is 4.79. The molecule has 4 aromatic carbocycles. The molecular formula is C26H18F6. The smallest absolute Gasteiger partial charge is 0.166 e. The van der Waals surface area contributed by atoms with Crippen LogP contribution in [0.1, 0.15) is 33.4 Å². The highest BCUT2D eigenvalue weighted by molar-refractivity contribution is 5.87. The molecule has 6 heteroatoms. The van der Waals surface area contributed by atoms with Gasteiger partial charge in [0.25, 0.3) is 0 Å². The van der Waals surface area contributed by atoms with Crippen molar-refractivity contribution in [2.75, 3.05) is 0 Å². The van der Waals surface area contributed by atoms with Gasteiger partial charge in [-0.15, -0.1) is 0 Å². The van der Waals surface area contributed by atoms with Gasteiger partial charge in [0.05, 0.1) is 11.1 Å². The molecule has 4 rings (SSSR count). The lowest BCUT2D eigenvalue weighted by Gasteiger charge is -2.15. The molecule has 0 saturated carbocycles. The van der Waals surface area contributed by atoms with Crippen molar-refractivity contribution in [3.63, 3.8) is 0 Å². The molecule has 0 fully saturated rings. The fourth-order valence-electron chi connectivity index (χ4n) is 3.80. The van der Waals surface area contributed by atoms with Crippen LogP contribution in [0.5, 0.6) is 0 Å². The Morgan fingerprint density at radius 1 is 0.500 bits per heavy atom. The Hall–Kier alpha value is -3.28. The number of hydrogen-bond acceptors (Lipinski definition) is 0. The van der Waals surface area contributed by atoms with E-state index in [1.165, 1.54) is 24.3 Å². The predicted molar refractivity (Wildman–Crippen MR) is 112 cm³/mol. The number of benzene rings is 4. The molecule has 0 spiro atoms. The molecule has 0 aliphatic heterocycles. The van der Waals surface area contributed by atoms with Crippen molar-refractivity contribution in [2.45, 2.75) is 25.2 Å². The van der Waals surface area contributed by atoms with E-state index in [-0.39, 0.29) is 0 Å². The van der Waals surface area contributed by atoms with Gasteiger partial charge in [-0.2, -0.15) is 26.3 Å². The molecule has 0 atom stereocenters. The van der Waals surface area contributed by atoms with Gasteiger partial charge in [0.1, 0.15) is 0 Å². The number of rotatable bonds is 4. The number of fused-ring (bicyclic) bond motifs is 1. The van der Waals surface area contributed by atoms with Gasteiger partial charge in [0.15, 0.2) is 0 Å². The third-order valence-electron chi connectivity index (χ3n) is 5.48. The molecule has 0 aliphatic rings. The fraction of sp³-hybridized carbons (Fsp3) is 0.154. The first-order chi connectivity index (χ1) is 15.1. The minimum absolute atomic E-state index is 0.412. The molecule has 0 amide bonds. The summed E-state index contributed by atoms with van der Waals surface area (Å²) in [5.41, 5.74) is 1.91. The minimum atomic E-state index is -4.40. The van der Waals surface area contributed by atoms with Gasteiger partial charge < -0.3 is 0 Å². The molecule has 164 valence electrons. The summed E-state index contributed by atoms with van der Waals surface area (Å²) in [5, 5.41) is 1.96. The summed E-state index contributed by atoms with van der Waals surface area (Å²) in [5.74, 6) is 0. The molecule has 0 aliphatic carbocycles. The van der Waals surface area contributed by atoms with E-state index in [0.29, 0.717) is 12.8 Å². The van der Waals surface area contributed by atoms with Crippen molar-refractivity contribution in [2.24, 2.45) is 0 Å². The summed E-state index contributed by atoms with van der Waals surface area (Å²) >= 11 is 0. The van der Waals surface area contributed by atoms with Gasteiger partial charge in [-0.05, 0) is 70.1 Å². The van der Waals surface area contributed by atoms with Crippen molar-refractivity contribution < 1.29 is 26.3 Å². The van der Waals surface area contributed by atoms with E-state index in [0.717, 1.165) is 57.3 Å². The number of hydrogen-bond donors (Lipinski definition) is 0. The summed E-state index contributed by atoms with van der Waals surface area (Å²) in [4.78, 5) is 0. The molecule has 32 heavy (non-hydrogen) atoms. The Kier molecular flexibility index (Phi) is 5.71. The van der Waals surface area contributed by atoms with Crippen molar-refractivity contribution in [1.82, 2.24) is 0 Å². The first-order valence-electron chi connectivity index (χ1n) is 9.93. The van der Waals surface area contributed by atoms with Crippen LogP contribution in [-0.2, 0) is 25.2 Å². The molecule has 0 bridgehead atoms. The monoisotopic (exact) mass is 444 g/mol. The Bertz CT molecular complexity index is 1220. The highest BCUT2D eigenvalue weighted by Crippen LogP contribution is 2.32. The molecule has 0 radical (unpaired) electrons. The normalized spacial score (nSPS) is 12.3. The van der Waals surface area contributed by atoms with Crippen LogP contribution in [0.15, 0.2) is 84.9 Å². The molecule has 0 saturated heterocycles. The molecule has 0 heterocycles. The minimum Gasteiger partial charge on any atom is -0.166 e. The summed E-state index contributed by atoms with van der Waals surface area (Å²) in [6.07, 6.45) is -7.96. The maximum Gasteiger partial charge on any atom is 0.416 e. The van der Waals surface area contributed by atoms with Gasteiger partial charge in [0, 0.05) is 0 Å². The first-order valence-corrected chi connectivity index (χ1v) is 9.93. The molecule has 0 aromatic heterocycles. The highest BCUT2D eigenvalue weighted by Gasteiger charge is 2.30. The third-order valence-corrected chi connectivity index (χ3v) is 5.48. The maximum absolute atomic E-state index is 12.9. The van der Waals surface area contributed by atoms with Crippen LogP contribution in [0, 0.1) is 0 Å². The first kappa shape index (κ1) is 21.9. The van der Waals surface area contributed by atoms with Gasteiger partial charge in [-0.1, -0.05) is 60.7 Å². The lowest BCUT2D eigenvalue weighted by molar-refractivity contribution is -0.138. The number of alkyl halides is 6. The lowest BCUT2D eigenvalue weighted by Crippen LogP contribution is -2.05. The van der Waals surface area contributed by atoms with E-state index >= 15 is 0 Å². The zero-order chi connectivity index (χ0) is 22.9. The topological polar surface area (TPSA) is 0 Å². The summed E-state index contributed by atoms with van der Waals surface area (Å²) in [7, 11) is 0. The van der Waals surface area contributed by atoms with Crippen LogP contribution in [0.25, 0.3) is 10.8 Å². The van der Waals surface area contributed by atoms with E-state index in [1.807, 2.05) is 36.4 Å². The van der Waals surface area contributed by atoms with Crippen LogP contribution in [0.2, 0.25) is 0 Å². The Labute approximate surface area is 181 Å². The maximum atomic E-state index is 12.9. The van der Waals surface area contributed by atoms with Crippen molar-refractivity contribution in [3.05, 3.63) is 118 Å². The molecular weight excluding hydrogens is 426 g/mol. The SMILES string of the molecule is FC(F)(F)c1ccc(Cc2ccc3ccccc3c2Cc2ccc(C(F)(F)F)cc2)cc1. The van der Waals surface area contributed by atoms with Gasteiger partial charge in [0.2, 0.25) is 0 Å². The fourth-order valence-corrected chi connectivity index (χ4v) is 3.80. The van der Waals surface area contributed by atoms with Gasteiger partial charge in [-0.3, -0.25) is 0 Å². The second-order valence-electron chi connectivity index (χ2n) is 7.67. The second-order valence-corrected chi connectivity index (χ2v) is 7.67. The van der Waals surface area contributed by atoms with E-state index in [2.05, 4.69) is 0 Å². The Morgan fingerprint density at radius 3 is 1.53 bits per heavy atom.